The number of urea groups is 1. The zero-order chi connectivity index (χ0) is 15.0. The summed E-state index contributed by atoms with van der Waals surface area (Å²) in [6.45, 7) is 7.73. The minimum absolute atomic E-state index is 0.0121. The Morgan fingerprint density at radius 2 is 1.65 bits per heavy atom. The highest BCUT2D eigenvalue weighted by Crippen LogP contribution is 2.40. The number of likely N-dealkylation sites (tertiary alicyclic amines) is 2. The number of carbonyl (C=O) groups excluding carboxylic acids is 2. The average molecular weight is 283 g/mol. The quantitative estimate of drug-likeness (QED) is 0.737. The number of ether oxygens (including phenoxy) is 1. The van der Waals surface area contributed by atoms with Crippen LogP contribution in [0.4, 0.5) is 9.59 Å². The van der Waals surface area contributed by atoms with Crippen LogP contribution in [0.15, 0.2) is 0 Å². The van der Waals surface area contributed by atoms with E-state index >= 15 is 0 Å². The van der Waals surface area contributed by atoms with Crippen molar-refractivity contribution in [1.29, 1.82) is 0 Å². The summed E-state index contributed by atoms with van der Waals surface area (Å²) in [4.78, 5) is 27.4. The molecule has 0 saturated carbocycles. The molecule has 1 N–H and O–H groups in total. The van der Waals surface area contributed by atoms with Crippen molar-refractivity contribution in [3.63, 3.8) is 0 Å². The van der Waals surface area contributed by atoms with Crippen LogP contribution in [-0.2, 0) is 4.74 Å². The Bertz CT molecular complexity index is 395. The van der Waals surface area contributed by atoms with Gasteiger partial charge in [0.15, 0.2) is 0 Å². The van der Waals surface area contributed by atoms with Gasteiger partial charge in [-0.2, -0.15) is 0 Å². The van der Waals surface area contributed by atoms with Crippen molar-refractivity contribution in [3.05, 3.63) is 0 Å². The van der Waals surface area contributed by atoms with Gasteiger partial charge in [-0.3, -0.25) is 0 Å². The van der Waals surface area contributed by atoms with Gasteiger partial charge < -0.3 is 19.9 Å². The molecule has 20 heavy (non-hydrogen) atoms. The maximum Gasteiger partial charge on any atom is 0.410 e. The van der Waals surface area contributed by atoms with Crippen LogP contribution in [-0.4, -0.2) is 59.7 Å². The number of amides is 3. The lowest BCUT2D eigenvalue weighted by Gasteiger charge is -2.56. The highest BCUT2D eigenvalue weighted by atomic mass is 16.6. The zero-order valence-corrected chi connectivity index (χ0v) is 12.9. The average Bonchev–Trinajstić information content (AvgIpc) is 2.35. The fourth-order valence-electron chi connectivity index (χ4n) is 2.94. The fraction of sp³-hybridized carbons (Fsp3) is 0.857. The van der Waals surface area contributed by atoms with Crippen molar-refractivity contribution in [2.75, 3.05) is 26.7 Å². The lowest BCUT2D eigenvalue weighted by atomic mass is 9.76. The Morgan fingerprint density at radius 1 is 1.10 bits per heavy atom. The van der Waals surface area contributed by atoms with Crippen LogP contribution in [0.5, 0.6) is 0 Å². The molecule has 2 fully saturated rings. The minimum atomic E-state index is -0.461. The van der Waals surface area contributed by atoms with Gasteiger partial charge in [0.25, 0.3) is 0 Å². The third-order valence-electron chi connectivity index (χ3n) is 4.18. The summed E-state index contributed by atoms with van der Waals surface area (Å²) in [5.74, 6) is 0. The van der Waals surface area contributed by atoms with E-state index in [2.05, 4.69) is 5.32 Å². The number of nitrogens with one attached hydrogen (secondary N) is 1. The van der Waals surface area contributed by atoms with Crippen LogP contribution in [0.1, 0.15) is 40.0 Å². The van der Waals surface area contributed by atoms with Gasteiger partial charge in [0.05, 0.1) is 0 Å². The third-order valence-corrected chi connectivity index (χ3v) is 4.18. The largest absolute Gasteiger partial charge is 0.444 e. The maximum absolute atomic E-state index is 12.0. The minimum Gasteiger partial charge on any atom is -0.444 e. The molecule has 6 nitrogen and oxygen atoms in total. The van der Waals surface area contributed by atoms with E-state index in [-0.39, 0.29) is 17.7 Å². The summed E-state index contributed by atoms with van der Waals surface area (Å²) in [5, 5.41) is 2.69. The normalized spacial score (nSPS) is 21.4. The number of carbonyl (C=O) groups is 2. The molecule has 0 aromatic rings. The molecular weight excluding hydrogens is 258 g/mol. The topological polar surface area (TPSA) is 61.9 Å². The van der Waals surface area contributed by atoms with E-state index in [0.717, 1.165) is 25.8 Å². The van der Waals surface area contributed by atoms with Gasteiger partial charge in [-0.15, -0.1) is 0 Å². The van der Waals surface area contributed by atoms with Crippen LogP contribution in [0, 0.1) is 0 Å². The van der Waals surface area contributed by atoms with Gasteiger partial charge in [0.2, 0.25) is 0 Å². The van der Waals surface area contributed by atoms with Crippen molar-refractivity contribution in [3.8, 4) is 0 Å². The van der Waals surface area contributed by atoms with E-state index in [4.69, 9.17) is 4.74 Å². The Kier molecular flexibility index (Phi) is 3.84. The lowest BCUT2D eigenvalue weighted by Crippen LogP contribution is -2.67. The van der Waals surface area contributed by atoms with Crippen molar-refractivity contribution in [2.45, 2.75) is 51.2 Å². The zero-order valence-electron chi connectivity index (χ0n) is 12.9. The number of hydrogen-bond donors (Lipinski definition) is 1. The predicted octanol–water partition coefficient (Wildman–Crippen LogP) is 1.80. The molecule has 114 valence electrons. The second kappa shape index (κ2) is 5.14. The highest BCUT2D eigenvalue weighted by Gasteiger charge is 2.49. The molecule has 0 aromatic heterocycles. The molecule has 2 aliphatic heterocycles. The Hall–Kier alpha value is -1.46. The molecule has 0 aliphatic carbocycles. The Morgan fingerprint density at radius 3 is 2.05 bits per heavy atom. The van der Waals surface area contributed by atoms with E-state index in [1.807, 2.05) is 25.7 Å². The summed E-state index contributed by atoms with van der Waals surface area (Å²) in [5.41, 5.74) is -0.505. The summed E-state index contributed by atoms with van der Waals surface area (Å²) >= 11 is 0. The molecule has 0 atom stereocenters. The van der Waals surface area contributed by atoms with Crippen molar-refractivity contribution >= 4 is 12.1 Å². The molecule has 2 rings (SSSR count). The first-order valence-electron chi connectivity index (χ1n) is 7.25. The van der Waals surface area contributed by atoms with Crippen LogP contribution in [0.3, 0.4) is 0 Å². The number of nitrogens with zero attached hydrogens (tertiary/aromatic N) is 2. The molecule has 6 heteroatoms. The Labute approximate surface area is 120 Å². The van der Waals surface area contributed by atoms with Crippen LogP contribution in [0.2, 0.25) is 0 Å². The first kappa shape index (κ1) is 14.9. The van der Waals surface area contributed by atoms with Gasteiger partial charge in [0.1, 0.15) is 5.60 Å². The second-order valence-electron chi connectivity index (χ2n) is 6.65. The molecule has 2 aliphatic rings. The maximum atomic E-state index is 12.0. The summed E-state index contributed by atoms with van der Waals surface area (Å²) < 4.78 is 5.39. The number of piperidine rings is 1. The number of hydrogen-bond acceptors (Lipinski definition) is 3. The smallest absolute Gasteiger partial charge is 0.410 e. The first-order chi connectivity index (χ1) is 9.27. The van der Waals surface area contributed by atoms with Crippen LogP contribution >= 0.6 is 0 Å². The molecule has 2 heterocycles. The molecular formula is C14H25N3O3. The summed E-state index contributed by atoms with van der Waals surface area (Å²) in [7, 11) is 1.66. The van der Waals surface area contributed by atoms with Gasteiger partial charge in [-0.05, 0) is 40.0 Å². The predicted molar refractivity (Wildman–Crippen MR) is 75.6 cm³/mol. The van der Waals surface area contributed by atoms with Crippen molar-refractivity contribution in [2.24, 2.45) is 0 Å². The molecule has 0 unspecified atom stereocenters. The van der Waals surface area contributed by atoms with Crippen LogP contribution < -0.4 is 5.32 Å². The SMILES string of the molecule is CNC(=O)N1CCC12CCN(C(=O)OC(C)(C)C)CC2. The second-order valence-corrected chi connectivity index (χ2v) is 6.65. The molecule has 2 saturated heterocycles. The van der Waals surface area contributed by atoms with Crippen LogP contribution in [0.25, 0.3) is 0 Å². The summed E-state index contributed by atoms with van der Waals surface area (Å²) in [6, 6.07) is -0.0121. The van der Waals surface area contributed by atoms with Gasteiger partial charge >= 0.3 is 12.1 Å². The first-order valence-corrected chi connectivity index (χ1v) is 7.25. The summed E-state index contributed by atoms with van der Waals surface area (Å²) in [6.07, 6.45) is 2.44. The third kappa shape index (κ3) is 2.83. The van der Waals surface area contributed by atoms with Crippen molar-refractivity contribution in [1.82, 2.24) is 15.1 Å². The molecule has 3 amide bonds. The standard InChI is InChI=1S/C14H25N3O3/c1-13(2,3)20-12(19)16-8-5-14(6-9-16)7-10-17(14)11(18)15-4/h5-10H2,1-4H3,(H,15,18). The highest BCUT2D eigenvalue weighted by molar-refractivity contribution is 5.76. The molecule has 0 bridgehead atoms. The van der Waals surface area contributed by atoms with E-state index in [1.165, 1.54) is 0 Å². The molecule has 0 aromatic carbocycles. The fourth-order valence-corrected chi connectivity index (χ4v) is 2.94. The van der Waals surface area contributed by atoms with Gasteiger partial charge in [-0.25, -0.2) is 9.59 Å². The molecule has 0 radical (unpaired) electrons. The monoisotopic (exact) mass is 283 g/mol. The van der Waals surface area contributed by atoms with E-state index in [1.54, 1.807) is 11.9 Å². The van der Waals surface area contributed by atoms with E-state index in [9.17, 15) is 9.59 Å². The Balaban J connectivity index is 1.90. The van der Waals surface area contributed by atoms with E-state index in [0.29, 0.717) is 13.1 Å². The number of rotatable bonds is 0. The lowest BCUT2D eigenvalue weighted by molar-refractivity contribution is -0.0339. The van der Waals surface area contributed by atoms with Crippen molar-refractivity contribution < 1.29 is 14.3 Å². The van der Waals surface area contributed by atoms with Gasteiger partial charge in [0, 0.05) is 32.2 Å². The molecule has 1 spiro atoms. The van der Waals surface area contributed by atoms with E-state index < -0.39 is 5.60 Å². The van der Waals surface area contributed by atoms with Gasteiger partial charge in [-0.1, -0.05) is 0 Å².